The zero-order chi connectivity index (χ0) is 20.9. The molecule has 4 aromatic rings. The highest BCUT2D eigenvalue weighted by Crippen LogP contribution is 2.30. The van der Waals surface area contributed by atoms with Gasteiger partial charge in [0.05, 0.1) is 31.6 Å². The maximum absolute atomic E-state index is 6.21. The highest BCUT2D eigenvalue weighted by Gasteiger charge is 2.11. The molecule has 7 heteroatoms. The smallest absolute Gasteiger partial charge is 0.244 e. The van der Waals surface area contributed by atoms with E-state index in [9.17, 15) is 0 Å². The van der Waals surface area contributed by atoms with Gasteiger partial charge in [-0.1, -0.05) is 48.0 Å². The molecule has 1 N–H and O–H groups in total. The summed E-state index contributed by atoms with van der Waals surface area (Å²) >= 11 is 6.21. The van der Waals surface area contributed by atoms with Gasteiger partial charge in [0, 0.05) is 21.5 Å². The van der Waals surface area contributed by atoms with Gasteiger partial charge >= 0.3 is 0 Å². The molecule has 0 fully saturated rings. The van der Waals surface area contributed by atoms with Crippen LogP contribution in [-0.2, 0) is 0 Å². The maximum atomic E-state index is 6.21. The second-order valence-corrected chi connectivity index (χ2v) is 6.81. The zero-order valence-electron chi connectivity index (χ0n) is 16.5. The lowest BCUT2D eigenvalue weighted by atomic mass is 10.1. The largest absolute Gasteiger partial charge is 0.493 e. The molecule has 6 nitrogen and oxygen atoms in total. The molecular weight excluding hydrogens is 400 g/mol. The lowest BCUT2D eigenvalue weighted by Gasteiger charge is -2.10. The average molecular weight is 419 g/mol. The molecule has 0 amide bonds. The summed E-state index contributed by atoms with van der Waals surface area (Å²) in [4.78, 5) is 9.23. The number of halogens is 1. The first-order valence-electron chi connectivity index (χ1n) is 9.22. The molecule has 150 valence electrons. The fourth-order valence-corrected chi connectivity index (χ4v) is 3.31. The predicted molar refractivity (Wildman–Crippen MR) is 121 cm³/mol. The molecule has 0 spiro atoms. The van der Waals surface area contributed by atoms with Crippen LogP contribution in [0.5, 0.6) is 11.5 Å². The third kappa shape index (κ3) is 4.04. The first-order valence-corrected chi connectivity index (χ1v) is 9.60. The number of hydrazone groups is 1. The molecule has 0 saturated heterocycles. The lowest BCUT2D eigenvalue weighted by Crippen LogP contribution is -2.01. The first kappa shape index (κ1) is 19.7. The van der Waals surface area contributed by atoms with E-state index < -0.39 is 0 Å². The van der Waals surface area contributed by atoms with Gasteiger partial charge in [0.25, 0.3) is 0 Å². The van der Waals surface area contributed by atoms with Crippen molar-refractivity contribution < 1.29 is 9.47 Å². The Balaban J connectivity index is 1.71. The molecule has 0 atom stereocenters. The summed E-state index contributed by atoms with van der Waals surface area (Å²) in [5, 5.41) is 5.80. The number of aromatic nitrogens is 2. The van der Waals surface area contributed by atoms with Gasteiger partial charge in [0.2, 0.25) is 5.95 Å². The molecule has 1 heterocycles. The van der Waals surface area contributed by atoms with Crippen molar-refractivity contribution in [2.24, 2.45) is 5.10 Å². The van der Waals surface area contributed by atoms with E-state index in [2.05, 4.69) is 20.5 Å². The predicted octanol–water partition coefficient (Wildman–Crippen LogP) is 5.41. The van der Waals surface area contributed by atoms with Crippen molar-refractivity contribution >= 4 is 34.7 Å². The van der Waals surface area contributed by atoms with Crippen LogP contribution in [0.3, 0.4) is 0 Å². The fourth-order valence-electron chi connectivity index (χ4n) is 3.14. The number of anilines is 1. The van der Waals surface area contributed by atoms with Crippen molar-refractivity contribution in [3.8, 4) is 22.8 Å². The summed E-state index contributed by atoms with van der Waals surface area (Å²) in [6.07, 6.45) is 1.64. The number of nitrogens with one attached hydrogen (secondary N) is 1. The maximum Gasteiger partial charge on any atom is 0.244 e. The Kier molecular flexibility index (Phi) is 5.77. The van der Waals surface area contributed by atoms with E-state index in [1.807, 2.05) is 60.7 Å². The molecule has 0 aliphatic rings. The lowest BCUT2D eigenvalue weighted by molar-refractivity contribution is 0.354. The van der Waals surface area contributed by atoms with E-state index >= 15 is 0 Å². The van der Waals surface area contributed by atoms with Crippen LogP contribution in [0.1, 0.15) is 5.56 Å². The van der Waals surface area contributed by atoms with E-state index in [1.54, 1.807) is 26.5 Å². The van der Waals surface area contributed by atoms with Crippen molar-refractivity contribution in [1.82, 2.24) is 9.97 Å². The summed E-state index contributed by atoms with van der Waals surface area (Å²) < 4.78 is 10.7. The van der Waals surface area contributed by atoms with Crippen LogP contribution < -0.4 is 14.9 Å². The van der Waals surface area contributed by atoms with Gasteiger partial charge in [-0.2, -0.15) is 5.10 Å². The van der Waals surface area contributed by atoms with Gasteiger partial charge < -0.3 is 9.47 Å². The third-order valence-corrected chi connectivity index (χ3v) is 4.74. The summed E-state index contributed by atoms with van der Waals surface area (Å²) in [5.41, 5.74) is 6.19. The van der Waals surface area contributed by atoms with Crippen molar-refractivity contribution in [1.29, 1.82) is 0 Å². The molecular formula is C23H19ClN4O2. The van der Waals surface area contributed by atoms with E-state index in [0.29, 0.717) is 22.5 Å². The van der Waals surface area contributed by atoms with Gasteiger partial charge in [-0.3, -0.25) is 0 Å². The minimum Gasteiger partial charge on any atom is -0.493 e. The highest BCUT2D eigenvalue weighted by atomic mass is 35.5. The summed E-state index contributed by atoms with van der Waals surface area (Å²) in [6, 6.07) is 21.0. The summed E-state index contributed by atoms with van der Waals surface area (Å²) in [7, 11) is 3.18. The van der Waals surface area contributed by atoms with Crippen LogP contribution in [-0.4, -0.2) is 30.4 Å². The number of ether oxygens (including phenoxy) is 2. The molecule has 0 saturated carbocycles. The van der Waals surface area contributed by atoms with Gasteiger partial charge in [-0.15, -0.1) is 0 Å². The molecule has 0 radical (unpaired) electrons. The number of hydrogen-bond acceptors (Lipinski definition) is 6. The van der Waals surface area contributed by atoms with Crippen LogP contribution in [0, 0.1) is 0 Å². The molecule has 3 aromatic carbocycles. The number of hydrogen-bond donors (Lipinski definition) is 1. The molecule has 1 aromatic heterocycles. The quantitative estimate of drug-likeness (QED) is 0.335. The topological polar surface area (TPSA) is 68.6 Å². The fraction of sp³-hybridized carbons (Fsp3) is 0.0870. The summed E-state index contributed by atoms with van der Waals surface area (Å²) in [6.45, 7) is 0. The van der Waals surface area contributed by atoms with Gasteiger partial charge in [0.15, 0.2) is 11.5 Å². The van der Waals surface area contributed by atoms with Crippen molar-refractivity contribution in [3.63, 3.8) is 0 Å². The number of rotatable bonds is 6. The van der Waals surface area contributed by atoms with Crippen LogP contribution in [0.4, 0.5) is 5.95 Å². The van der Waals surface area contributed by atoms with E-state index in [-0.39, 0.29) is 0 Å². The zero-order valence-corrected chi connectivity index (χ0v) is 17.2. The van der Waals surface area contributed by atoms with Gasteiger partial charge in [-0.05, 0) is 30.3 Å². The van der Waals surface area contributed by atoms with E-state index in [4.69, 9.17) is 21.1 Å². The minimum atomic E-state index is 0.377. The molecule has 0 bridgehead atoms. The van der Waals surface area contributed by atoms with Crippen LogP contribution in [0.25, 0.3) is 22.2 Å². The number of nitrogens with zero attached hydrogens (tertiary/aromatic N) is 3. The number of methoxy groups -OCH3 is 2. The number of para-hydroxylation sites is 1. The normalized spacial score (nSPS) is 11.0. The van der Waals surface area contributed by atoms with Crippen LogP contribution in [0.15, 0.2) is 71.8 Å². The summed E-state index contributed by atoms with van der Waals surface area (Å²) in [5.74, 6) is 1.61. The van der Waals surface area contributed by atoms with E-state index in [0.717, 1.165) is 27.7 Å². The standard InChI is InChI=1S/C23H19ClN4O2/c1-29-20-10-6-9-16(22(20)30-2)14-25-28-23-26-19-12-11-17(24)13-18(19)21(27-23)15-7-4-3-5-8-15/h3-14H,1-2H3,(H,26,27,28). The van der Waals surface area contributed by atoms with Crippen LogP contribution >= 0.6 is 11.6 Å². The van der Waals surface area contributed by atoms with E-state index in [1.165, 1.54) is 0 Å². The Bertz CT molecular complexity index is 1210. The third-order valence-electron chi connectivity index (χ3n) is 4.51. The first-order chi connectivity index (χ1) is 14.7. The average Bonchev–Trinajstić information content (AvgIpc) is 2.79. The molecule has 4 rings (SSSR count). The minimum absolute atomic E-state index is 0.377. The monoisotopic (exact) mass is 418 g/mol. The molecule has 0 unspecified atom stereocenters. The van der Waals surface area contributed by atoms with Crippen LogP contribution in [0.2, 0.25) is 5.02 Å². The Morgan fingerprint density at radius 1 is 0.933 bits per heavy atom. The Hall–Kier alpha value is -3.64. The van der Waals surface area contributed by atoms with Gasteiger partial charge in [-0.25, -0.2) is 15.4 Å². The second-order valence-electron chi connectivity index (χ2n) is 6.38. The van der Waals surface area contributed by atoms with Crippen molar-refractivity contribution in [2.45, 2.75) is 0 Å². The molecule has 0 aliphatic carbocycles. The number of fused-ring (bicyclic) bond motifs is 1. The Morgan fingerprint density at radius 3 is 2.53 bits per heavy atom. The number of benzene rings is 3. The Morgan fingerprint density at radius 2 is 1.77 bits per heavy atom. The van der Waals surface area contributed by atoms with Gasteiger partial charge in [0.1, 0.15) is 0 Å². The van der Waals surface area contributed by atoms with Crippen molar-refractivity contribution in [3.05, 3.63) is 77.3 Å². The highest BCUT2D eigenvalue weighted by molar-refractivity contribution is 6.31. The SMILES string of the molecule is COc1cccc(C=NNc2nc(-c3ccccc3)c3cc(Cl)ccc3n2)c1OC. The van der Waals surface area contributed by atoms with Crippen molar-refractivity contribution in [2.75, 3.05) is 19.6 Å². The second kappa shape index (κ2) is 8.80. The Labute approximate surface area is 179 Å². The molecule has 0 aliphatic heterocycles. The molecule has 30 heavy (non-hydrogen) atoms.